The van der Waals surface area contributed by atoms with E-state index in [0.29, 0.717) is 11.4 Å². The van der Waals surface area contributed by atoms with Crippen molar-refractivity contribution in [3.63, 3.8) is 0 Å². The number of anilines is 1. The van der Waals surface area contributed by atoms with Gasteiger partial charge in [0.2, 0.25) is 11.1 Å². The van der Waals surface area contributed by atoms with Gasteiger partial charge in [0.15, 0.2) is 0 Å². The Kier molecular flexibility index (Phi) is 8.34. The van der Waals surface area contributed by atoms with E-state index in [1.807, 2.05) is 48.5 Å². The molecule has 4 aromatic rings. The predicted octanol–water partition coefficient (Wildman–Crippen LogP) is 8.13. The van der Waals surface area contributed by atoms with Crippen LogP contribution in [0.1, 0.15) is 5.56 Å². The second-order valence-corrected chi connectivity index (χ2v) is 10.5. The van der Waals surface area contributed by atoms with Crippen molar-refractivity contribution >= 4 is 66.8 Å². The zero-order valence-corrected chi connectivity index (χ0v) is 22.7. The minimum absolute atomic E-state index is 0.00404. The molecular weight excluding hydrogens is 645 g/mol. The lowest BCUT2D eigenvalue weighted by molar-refractivity contribution is -0.137. The third kappa shape index (κ3) is 6.64. The van der Waals surface area contributed by atoms with Crippen LogP contribution in [0.3, 0.4) is 0 Å². The number of aromatic nitrogens is 3. The molecule has 0 unspecified atom stereocenters. The van der Waals surface area contributed by atoms with Gasteiger partial charge in [-0.05, 0) is 42.5 Å². The molecule has 0 bridgehead atoms. The summed E-state index contributed by atoms with van der Waals surface area (Å²) in [4.78, 5) is 17.1. The molecule has 1 heterocycles. The van der Waals surface area contributed by atoms with Gasteiger partial charge in [0.05, 0.1) is 22.0 Å². The Bertz CT molecular complexity index is 1400. The van der Waals surface area contributed by atoms with E-state index < -0.39 is 17.6 Å². The van der Waals surface area contributed by atoms with Crippen LogP contribution in [0.5, 0.6) is 0 Å². The summed E-state index contributed by atoms with van der Waals surface area (Å²) < 4.78 is 40.8. The first-order chi connectivity index (χ1) is 17.1. The van der Waals surface area contributed by atoms with E-state index in [0.717, 1.165) is 50.0 Å². The first kappa shape index (κ1) is 26.6. The Balaban J connectivity index is 1.56. The molecule has 0 radical (unpaired) electrons. The van der Waals surface area contributed by atoms with Gasteiger partial charge in [-0.1, -0.05) is 79.5 Å². The van der Waals surface area contributed by atoms with Crippen LogP contribution >= 0.6 is 55.2 Å². The number of carbonyl (C=O) groups excluding carboxylic acids is 1. The number of carbonyl (C=O) groups is 1. The standard InChI is InChI=1S/C24H14Br2ClF3N4OS/c25-16-6-1-13(2-7-16)21-22(14-3-8-17(26)9-4-14)33-34-23(32-21)36-12-20(35)31-19-11-15(24(28,29)30)5-10-18(19)27/h1-11H,12H2,(H,31,35). The van der Waals surface area contributed by atoms with E-state index in [1.165, 1.54) is 0 Å². The third-order valence-electron chi connectivity index (χ3n) is 4.80. The van der Waals surface area contributed by atoms with Crippen molar-refractivity contribution in [1.29, 1.82) is 0 Å². The Labute approximate surface area is 230 Å². The van der Waals surface area contributed by atoms with Crippen LogP contribution < -0.4 is 5.32 Å². The summed E-state index contributed by atoms with van der Waals surface area (Å²) in [6, 6.07) is 17.8. The van der Waals surface area contributed by atoms with Crippen molar-refractivity contribution in [2.75, 3.05) is 11.1 Å². The van der Waals surface area contributed by atoms with Gasteiger partial charge in [0.25, 0.3) is 0 Å². The lowest BCUT2D eigenvalue weighted by Crippen LogP contribution is -2.16. The zero-order valence-electron chi connectivity index (χ0n) is 18.0. The van der Waals surface area contributed by atoms with Gasteiger partial charge in [-0.15, -0.1) is 10.2 Å². The molecule has 0 saturated carbocycles. The minimum Gasteiger partial charge on any atom is -0.324 e. The van der Waals surface area contributed by atoms with E-state index in [4.69, 9.17) is 11.6 Å². The van der Waals surface area contributed by atoms with Crippen LogP contribution in [0.25, 0.3) is 22.5 Å². The van der Waals surface area contributed by atoms with Gasteiger partial charge < -0.3 is 5.32 Å². The Morgan fingerprint density at radius 2 is 1.47 bits per heavy atom. The fourth-order valence-corrected chi connectivity index (χ4v) is 4.38. The second-order valence-electron chi connectivity index (χ2n) is 7.33. The number of alkyl halides is 3. The highest BCUT2D eigenvalue weighted by Crippen LogP contribution is 2.34. The van der Waals surface area contributed by atoms with Crippen molar-refractivity contribution in [3.05, 3.63) is 86.3 Å². The highest BCUT2D eigenvalue weighted by molar-refractivity contribution is 9.10. The number of hydrogen-bond donors (Lipinski definition) is 1. The molecule has 0 aliphatic rings. The lowest BCUT2D eigenvalue weighted by Gasteiger charge is -2.12. The quantitative estimate of drug-likeness (QED) is 0.212. The summed E-state index contributed by atoms with van der Waals surface area (Å²) in [7, 11) is 0. The smallest absolute Gasteiger partial charge is 0.324 e. The predicted molar refractivity (Wildman–Crippen MR) is 142 cm³/mol. The molecule has 0 atom stereocenters. The summed E-state index contributed by atoms with van der Waals surface area (Å²) in [5.74, 6) is -0.724. The molecule has 184 valence electrons. The number of nitrogens with zero attached hydrogens (tertiary/aromatic N) is 3. The van der Waals surface area contributed by atoms with Gasteiger partial charge >= 0.3 is 6.18 Å². The fraction of sp³-hybridized carbons (Fsp3) is 0.0833. The number of amides is 1. The molecular formula is C24H14Br2ClF3N4OS. The minimum atomic E-state index is -4.56. The van der Waals surface area contributed by atoms with Crippen molar-refractivity contribution in [2.45, 2.75) is 11.3 Å². The first-order valence-corrected chi connectivity index (χ1v) is 13.1. The number of rotatable bonds is 6. The average molecular weight is 659 g/mol. The molecule has 1 aromatic heterocycles. The number of hydrogen-bond acceptors (Lipinski definition) is 5. The monoisotopic (exact) mass is 656 g/mol. The van der Waals surface area contributed by atoms with Crippen molar-refractivity contribution in [2.24, 2.45) is 0 Å². The van der Waals surface area contributed by atoms with E-state index in [-0.39, 0.29) is 21.6 Å². The van der Waals surface area contributed by atoms with Crippen molar-refractivity contribution < 1.29 is 18.0 Å². The van der Waals surface area contributed by atoms with Gasteiger partial charge in [-0.3, -0.25) is 4.79 Å². The zero-order chi connectivity index (χ0) is 25.9. The number of benzene rings is 3. The topological polar surface area (TPSA) is 67.8 Å². The first-order valence-electron chi connectivity index (χ1n) is 10.2. The lowest BCUT2D eigenvalue weighted by atomic mass is 10.0. The van der Waals surface area contributed by atoms with Crippen LogP contribution in [-0.4, -0.2) is 26.8 Å². The second kappa shape index (κ2) is 11.3. The molecule has 0 saturated heterocycles. The van der Waals surface area contributed by atoms with E-state index in [1.54, 1.807) is 0 Å². The van der Waals surface area contributed by atoms with Crippen LogP contribution in [0.4, 0.5) is 18.9 Å². The fourth-order valence-electron chi connectivity index (χ4n) is 3.10. The summed E-state index contributed by atoms with van der Waals surface area (Å²) >= 11 is 13.8. The molecule has 3 aromatic carbocycles. The van der Waals surface area contributed by atoms with Crippen LogP contribution in [0.2, 0.25) is 5.02 Å². The van der Waals surface area contributed by atoms with Gasteiger partial charge in [0.1, 0.15) is 11.4 Å². The molecule has 0 aliphatic heterocycles. The van der Waals surface area contributed by atoms with Crippen molar-refractivity contribution in [1.82, 2.24) is 15.2 Å². The van der Waals surface area contributed by atoms with Gasteiger partial charge in [-0.2, -0.15) is 13.2 Å². The summed E-state index contributed by atoms with van der Waals surface area (Å²) in [5, 5.41) is 11.1. The third-order valence-corrected chi connectivity index (χ3v) is 7.03. The summed E-state index contributed by atoms with van der Waals surface area (Å²) in [5.41, 5.74) is 1.71. The van der Waals surface area contributed by atoms with Gasteiger partial charge in [0, 0.05) is 20.1 Å². The molecule has 1 amide bonds. The van der Waals surface area contributed by atoms with Crippen LogP contribution in [0, 0.1) is 0 Å². The number of halogens is 6. The maximum Gasteiger partial charge on any atom is 0.416 e. The molecule has 0 fully saturated rings. The van der Waals surface area contributed by atoms with Gasteiger partial charge in [-0.25, -0.2) is 4.98 Å². The normalized spacial score (nSPS) is 11.4. The molecule has 0 spiro atoms. The summed E-state index contributed by atoms with van der Waals surface area (Å²) in [6.07, 6.45) is -4.56. The molecule has 12 heteroatoms. The van der Waals surface area contributed by atoms with Crippen LogP contribution in [0.15, 0.2) is 80.8 Å². The Morgan fingerprint density at radius 3 is 2.06 bits per heavy atom. The molecule has 1 N–H and O–H groups in total. The Morgan fingerprint density at radius 1 is 0.889 bits per heavy atom. The van der Waals surface area contributed by atoms with Crippen molar-refractivity contribution in [3.8, 4) is 22.5 Å². The van der Waals surface area contributed by atoms with E-state index in [2.05, 4.69) is 52.4 Å². The SMILES string of the molecule is O=C(CSc1nnc(-c2ccc(Br)cc2)c(-c2ccc(Br)cc2)n1)Nc1cc(C(F)(F)F)ccc1Cl. The molecule has 4 rings (SSSR count). The highest BCUT2D eigenvalue weighted by atomic mass is 79.9. The average Bonchev–Trinajstić information content (AvgIpc) is 2.84. The maximum absolute atomic E-state index is 13.0. The van der Waals surface area contributed by atoms with E-state index >= 15 is 0 Å². The highest BCUT2D eigenvalue weighted by Gasteiger charge is 2.31. The number of thioether (sulfide) groups is 1. The Hall–Kier alpha value is -2.47. The van der Waals surface area contributed by atoms with E-state index in [9.17, 15) is 18.0 Å². The van der Waals surface area contributed by atoms with Crippen LogP contribution in [-0.2, 0) is 11.0 Å². The summed E-state index contributed by atoms with van der Waals surface area (Å²) in [6.45, 7) is 0. The maximum atomic E-state index is 13.0. The molecule has 0 aliphatic carbocycles. The number of nitrogens with one attached hydrogen (secondary N) is 1. The molecule has 36 heavy (non-hydrogen) atoms. The molecule has 5 nitrogen and oxygen atoms in total. The largest absolute Gasteiger partial charge is 0.416 e.